The first-order valence-electron chi connectivity index (χ1n) is 11.7. The third-order valence-corrected chi connectivity index (χ3v) is 9.52. The van der Waals surface area contributed by atoms with Gasteiger partial charge in [0.1, 0.15) is 31.2 Å². The molecule has 0 spiro atoms. The Hall–Kier alpha value is -1.55. The van der Waals surface area contributed by atoms with E-state index in [0.717, 1.165) is 19.3 Å². The molecule has 1 unspecified atom stereocenters. The van der Waals surface area contributed by atoms with Crippen molar-refractivity contribution in [3.63, 3.8) is 0 Å². The highest BCUT2D eigenvalue weighted by Crippen LogP contribution is 2.47. The fourth-order valence-electron chi connectivity index (χ4n) is 4.81. The Kier molecular flexibility index (Phi) is 8.48. The van der Waals surface area contributed by atoms with E-state index in [1.807, 2.05) is 18.2 Å². The predicted octanol–water partition coefficient (Wildman–Crippen LogP) is 6.00. The first kappa shape index (κ1) is 28.0. The van der Waals surface area contributed by atoms with E-state index in [4.69, 9.17) is 42.6 Å². The van der Waals surface area contributed by atoms with Crippen LogP contribution in [0.1, 0.15) is 19.3 Å². The van der Waals surface area contributed by atoms with Crippen LogP contribution in [0, 0.1) is 0 Å². The molecule has 0 aliphatic carbocycles. The summed E-state index contributed by atoms with van der Waals surface area (Å²) in [4.78, 5) is 24.8. The number of hydrogen-bond donors (Lipinski definition) is 8. The summed E-state index contributed by atoms with van der Waals surface area (Å²) in [6.07, 6.45) is 4.30. The van der Waals surface area contributed by atoms with E-state index in [2.05, 4.69) is 53.2 Å². The summed E-state index contributed by atoms with van der Waals surface area (Å²) >= 11 is 27.4. The minimum atomic E-state index is -0.300. The van der Waals surface area contributed by atoms with E-state index in [0.29, 0.717) is 76.8 Å². The van der Waals surface area contributed by atoms with Crippen LogP contribution in [0.15, 0.2) is 49.1 Å². The second kappa shape index (κ2) is 11.5. The Labute approximate surface area is 252 Å². The molecular weight excluding hydrogens is 599 g/mol. The van der Waals surface area contributed by atoms with Crippen LogP contribution >= 0.6 is 75.8 Å². The zero-order valence-corrected chi connectivity index (χ0v) is 25.2. The van der Waals surface area contributed by atoms with Gasteiger partial charge in [-0.15, -0.1) is 63.1 Å². The molecule has 38 heavy (non-hydrogen) atoms. The number of carbonyl (C=O) groups excluding carboxylic acids is 1. The highest BCUT2D eigenvalue weighted by atomic mass is 32.1. The number of carbonyl (C=O) groups is 1. The molecule has 1 amide bonds. The number of ether oxygens (including phenoxy) is 1. The summed E-state index contributed by atoms with van der Waals surface area (Å²) in [5, 5.41) is 14.8. The highest BCUT2D eigenvalue weighted by molar-refractivity contribution is 7.96. The molecule has 5 rings (SSSR count). The van der Waals surface area contributed by atoms with E-state index >= 15 is 0 Å². The van der Waals surface area contributed by atoms with Gasteiger partial charge < -0.3 is 24.6 Å². The summed E-state index contributed by atoms with van der Waals surface area (Å²) in [6.45, 7) is 0.695. The number of aromatic nitrogens is 3. The fraction of sp³-hybridized carbons (Fsp3) is 0.292. The Balaban J connectivity index is 1.56. The molecule has 2 aromatic carbocycles. The number of hydrogen-bond acceptors (Lipinski definition) is 11. The van der Waals surface area contributed by atoms with Crippen LogP contribution in [-0.4, -0.2) is 49.0 Å². The molecule has 0 saturated carbocycles. The van der Waals surface area contributed by atoms with Gasteiger partial charge in [-0.3, -0.25) is 4.79 Å². The predicted molar refractivity (Wildman–Crippen MR) is 167 cm³/mol. The smallest absolute Gasteiger partial charge is 0.278 e. The molecule has 0 bridgehead atoms. The molecule has 200 valence electrons. The van der Waals surface area contributed by atoms with E-state index < -0.39 is 0 Å². The average Bonchev–Trinajstić information content (AvgIpc) is 3.18. The quantitative estimate of drug-likeness (QED) is 0.126. The molecule has 1 fully saturated rings. The molecule has 0 radical (unpaired) electrons. The van der Waals surface area contributed by atoms with Gasteiger partial charge in [-0.05, 0) is 31.4 Å². The lowest BCUT2D eigenvalue weighted by Crippen LogP contribution is -2.44. The van der Waals surface area contributed by atoms with Crippen LogP contribution in [0.25, 0.3) is 21.8 Å². The van der Waals surface area contributed by atoms with E-state index in [1.54, 1.807) is 9.47 Å². The zero-order chi connectivity index (χ0) is 27.1. The molecule has 2 N–H and O–H groups in total. The van der Waals surface area contributed by atoms with Gasteiger partial charge in [-0.25, -0.2) is 9.97 Å². The van der Waals surface area contributed by atoms with Crippen LogP contribution in [0.2, 0.25) is 0 Å². The Morgan fingerprint density at radius 1 is 1.05 bits per heavy atom. The number of nitrogens with zero attached hydrogens (tertiary/aromatic N) is 4. The maximum absolute atomic E-state index is 12.0. The lowest BCUT2D eigenvalue weighted by atomic mass is 10.0. The van der Waals surface area contributed by atoms with Crippen LogP contribution in [0.5, 0.6) is 5.75 Å². The summed E-state index contributed by atoms with van der Waals surface area (Å²) in [5.41, 5.74) is 1.86. The lowest BCUT2D eigenvalue weighted by molar-refractivity contribution is 0.132. The van der Waals surface area contributed by atoms with E-state index in [-0.39, 0.29) is 18.0 Å². The number of rotatable bonds is 6. The fourth-order valence-corrected chi connectivity index (χ4v) is 6.87. The van der Waals surface area contributed by atoms with Gasteiger partial charge in [0, 0.05) is 31.5 Å². The molecule has 4 aromatic rings. The second-order valence-electron chi connectivity index (χ2n) is 8.82. The van der Waals surface area contributed by atoms with Crippen molar-refractivity contribution < 1.29 is 14.6 Å². The zero-order valence-electron chi connectivity index (χ0n) is 19.9. The standard InChI is InChI=1S/C24H25N5O3S6/c30-10-29-17-15(19(34)23(29)37)18(33)16(20(35)21(17)36)27-22-14-12(25-9-26-22)5-3-6-13(14)32-8-11-4-1-2-7-28(11)24(31)38/h3,5-6,9,11,30,33-37H,1-2,4,7-8,10H2,(H,31,38)(H,25,26,27). The number of aliphatic hydroxyl groups is 1. The minimum absolute atomic E-state index is 0.0629. The molecule has 3 heterocycles. The number of benzene rings is 2. The molecule has 1 aliphatic rings. The van der Waals surface area contributed by atoms with Crippen LogP contribution < -0.4 is 10.1 Å². The molecule has 8 nitrogen and oxygen atoms in total. The monoisotopic (exact) mass is 623 g/mol. The van der Waals surface area contributed by atoms with E-state index in [9.17, 15) is 9.90 Å². The van der Waals surface area contributed by atoms with Gasteiger partial charge in [0.15, 0.2) is 0 Å². The summed E-state index contributed by atoms with van der Waals surface area (Å²) in [6, 6.07) is 5.52. The molecule has 1 saturated heterocycles. The van der Waals surface area contributed by atoms with Gasteiger partial charge in [-0.2, -0.15) is 0 Å². The van der Waals surface area contributed by atoms with Gasteiger partial charge in [0.25, 0.3) is 5.24 Å². The minimum Gasteiger partial charge on any atom is -0.491 e. The van der Waals surface area contributed by atoms with Gasteiger partial charge in [0.2, 0.25) is 0 Å². The Bertz CT molecular complexity index is 1560. The van der Waals surface area contributed by atoms with Gasteiger partial charge >= 0.3 is 0 Å². The van der Waals surface area contributed by atoms with E-state index in [1.165, 1.54) is 6.33 Å². The van der Waals surface area contributed by atoms with Crippen molar-refractivity contribution >= 4 is 114 Å². The topological polar surface area (TPSA) is 92.5 Å². The normalized spacial score (nSPS) is 15.9. The van der Waals surface area contributed by atoms with Gasteiger partial charge in [0.05, 0.1) is 33.2 Å². The summed E-state index contributed by atoms with van der Waals surface area (Å²) < 4.78 is 7.86. The van der Waals surface area contributed by atoms with Crippen molar-refractivity contribution in [1.29, 1.82) is 0 Å². The first-order chi connectivity index (χ1) is 18.2. The van der Waals surface area contributed by atoms with Crippen molar-refractivity contribution in [1.82, 2.24) is 19.4 Å². The van der Waals surface area contributed by atoms with Crippen LogP contribution in [0.4, 0.5) is 16.3 Å². The largest absolute Gasteiger partial charge is 0.491 e. The van der Waals surface area contributed by atoms with Crippen molar-refractivity contribution in [2.75, 3.05) is 18.5 Å². The third-order valence-electron chi connectivity index (χ3n) is 6.68. The Morgan fingerprint density at radius 2 is 1.84 bits per heavy atom. The number of aliphatic hydroxyl groups excluding tert-OH is 1. The van der Waals surface area contributed by atoms with Crippen molar-refractivity contribution in [3.8, 4) is 5.75 Å². The number of piperidine rings is 1. The number of amides is 1. The average molecular weight is 624 g/mol. The van der Waals surface area contributed by atoms with Crippen LogP contribution in [-0.2, 0) is 6.73 Å². The summed E-state index contributed by atoms with van der Waals surface area (Å²) in [7, 11) is 0. The maximum Gasteiger partial charge on any atom is 0.278 e. The molecule has 1 atom stereocenters. The molecule has 14 heteroatoms. The van der Waals surface area contributed by atoms with Crippen molar-refractivity contribution in [2.24, 2.45) is 0 Å². The number of anilines is 2. The first-order valence-corrected chi connectivity index (χ1v) is 14.4. The second-order valence-corrected chi connectivity index (χ2v) is 11.4. The highest BCUT2D eigenvalue weighted by Gasteiger charge is 2.27. The molecule has 2 aromatic heterocycles. The van der Waals surface area contributed by atoms with Crippen LogP contribution in [0.3, 0.4) is 0 Å². The van der Waals surface area contributed by atoms with Gasteiger partial charge in [-0.1, -0.05) is 18.7 Å². The molecular formula is C24H25N5O3S6. The maximum atomic E-state index is 12.0. The van der Waals surface area contributed by atoms with Crippen molar-refractivity contribution in [3.05, 3.63) is 24.5 Å². The Morgan fingerprint density at radius 3 is 2.58 bits per heavy atom. The number of nitrogens with one attached hydrogen (secondary N) is 1. The third kappa shape index (κ3) is 4.93. The summed E-state index contributed by atoms with van der Waals surface area (Å²) in [5.74, 6) is 1.07. The number of thiol groups is 6. The number of likely N-dealkylation sites (tertiary alicyclic amines) is 1. The SMILES string of the molecule is O=C(S)N1CCCCC1COc1cccc2ncnc(Nc3c(S)c(S)c4c(c3S)c(S)c(S)n4CO)c12. The van der Waals surface area contributed by atoms with Crippen molar-refractivity contribution in [2.45, 2.75) is 56.6 Å². The lowest BCUT2D eigenvalue weighted by Gasteiger charge is -2.34. The number of fused-ring (bicyclic) bond motifs is 2. The molecule has 1 aliphatic heterocycles.